The molecule has 1 aliphatic rings. The molecule has 1 fully saturated rings. The first-order valence-electron chi connectivity index (χ1n) is 11.3. The van der Waals surface area contributed by atoms with E-state index >= 15 is 0 Å². The Labute approximate surface area is 201 Å². The zero-order valence-electron chi connectivity index (χ0n) is 18.8. The smallest absolute Gasteiger partial charge is 0.264 e. The van der Waals surface area contributed by atoms with Crippen LogP contribution in [0.3, 0.4) is 0 Å². The van der Waals surface area contributed by atoms with Gasteiger partial charge in [-0.1, -0.05) is 36.6 Å². The molecule has 9 heteroatoms. The van der Waals surface area contributed by atoms with Crippen molar-refractivity contribution in [2.45, 2.75) is 50.0 Å². The van der Waals surface area contributed by atoms with Crippen molar-refractivity contribution >= 4 is 33.2 Å². The molecule has 7 nitrogen and oxygen atoms in total. The minimum absolute atomic E-state index is 0.0379. The zero-order valence-corrected chi connectivity index (χ0v) is 20.4. The molecule has 1 saturated carbocycles. The third kappa shape index (κ3) is 7.09. The van der Waals surface area contributed by atoms with E-state index < -0.39 is 15.9 Å². The highest BCUT2D eigenvalue weighted by molar-refractivity contribution is 7.92. The number of hydrogen-bond donors (Lipinski definition) is 1. The van der Waals surface area contributed by atoms with Crippen LogP contribution in [0.1, 0.15) is 39.0 Å². The fourth-order valence-corrected chi connectivity index (χ4v) is 5.32. The van der Waals surface area contributed by atoms with E-state index in [9.17, 15) is 13.2 Å². The summed E-state index contributed by atoms with van der Waals surface area (Å²) in [7, 11) is -4.04. The van der Waals surface area contributed by atoms with Gasteiger partial charge in [-0.3, -0.25) is 9.10 Å². The number of sulfonamides is 1. The van der Waals surface area contributed by atoms with Gasteiger partial charge >= 0.3 is 0 Å². The molecule has 1 aliphatic carbocycles. The van der Waals surface area contributed by atoms with Crippen LogP contribution in [0, 0.1) is 0 Å². The molecule has 3 rings (SSSR count). The van der Waals surface area contributed by atoms with Crippen LogP contribution in [0.25, 0.3) is 0 Å². The number of carbonyl (C=O) groups is 1. The van der Waals surface area contributed by atoms with Crippen LogP contribution < -0.4 is 14.4 Å². The summed E-state index contributed by atoms with van der Waals surface area (Å²) in [6, 6.07) is 12.6. The van der Waals surface area contributed by atoms with Crippen LogP contribution in [-0.4, -0.2) is 46.7 Å². The second kappa shape index (κ2) is 12.3. The number of carbonyl (C=O) groups excluding carboxylic acids is 1. The van der Waals surface area contributed by atoms with Crippen LogP contribution in [0.2, 0.25) is 5.02 Å². The van der Waals surface area contributed by atoms with Crippen LogP contribution >= 0.6 is 11.6 Å². The normalized spacial score (nSPS) is 14.2. The van der Waals surface area contributed by atoms with Crippen molar-refractivity contribution in [2.24, 2.45) is 0 Å². The number of halogens is 1. The van der Waals surface area contributed by atoms with Gasteiger partial charge in [0.1, 0.15) is 12.3 Å². The van der Waals surface area contributed by atoms with Crippen molar-refractivity contribution in [1.82, 2.24) is 5.32 Å². The molecule has 0 saturated heterocycles. The molecule has 1 N–H and O–H groups in total. The quantitative estimate of drug-likeness (QED) is 0.442. The lowest BCUT2D eigenvalue weighted by atomic mass is 10.3. The number of para-hydroxylation sites is 2. The Morgan fingerprint density at radius 1 is 1.12 bits per heavy atom. The lowest BCUT2D eigenvalue weighted by molar-refractivity contribution is -0.119. The van der Waals surface area contributed by atoms with Crippen molar-refractivity contribution in [3.8, 4) is 5.75 Å². The standard InChI is InChI=1S/C24H31ClN2O5S/c1-2-31-23-11-6-5-10-22(23)27(33(29,30)21-14-12-19(25)13-15-21)18-24(28)26-16-7-17-32-20-8-3-4-9-20/h5-6,10-15,20H,2-4,7-9,16-18H2,1H3,(H,26,28). The third-order valence-electron chi connectivity index (χ3n) is 5.42. The minimum Gasteiger partial charge on any atom is -0.492 e. The summed E-state index contributed by atoms with van der Waals surface area (Å²) in [5.74, 6) is -0.0185. The SMILES string of the molecule is CCOc1ccccc1N(CC(=O)NCCCOC1CCCC1)S(=O)(=O)c1ccc(Cl)cc1. The summed E-state index contributed by atoms with van der Waals surface area (Å²) in [6.45, 7) is 2.78. The number of anilines is 1. The Morgan fingerprint density at radius 2 is 1.82 bits per heavy atom. The topological polar surface area (TPSA) is 84.9 Å². The fraction of sp³-hybridized carbons (Fsp3) is 0.458. The molecule has 0 heterocycles. The number of benzene rings is 2. The van der Waals surface area contributed by atoms with E-state index in [0.717, 1.165) is 17.1 Å². The molecule has 1 amide bonds. The van der Waals surface area contributed by atoms with Gasteiger partial charge < -0.3 is 14.8 Å². The monoisotopic (exact) mass is 494 g/mol. The van der Waals surface area contributed by atoms with E-state index in [4.69, 9.17) is 21.1 Å². The van der Waals surface area contributed by atoms with E-state index in [0.29, 0.717) is 48.7 Å². The summed E-state index contributed by atoms with van der Waals surface area (Å²) in [4.78, 5) is 12.8. The van der Waals surface area contributed by atoms with Crippen LogP contribution in [0.15, 0.2) is 53.4 Å². The Balaban J connectivity index is 1.72. The molecule has 0 radical (unpaired) electrons. The molecule has 2 aromatic rings. The number of hydrogen-bond acceptors (Lipinski definition) is 5. The molecule has 0 spiro atoms. The minimum atomic E-state index is -4.04. The highest BCUT2D eigenvalue weighted by atomic mass is 35.5. The first-order chi connectivity index (χ1) is 15.9. The van der Waals surface area contributed by atoms with Crippen molar-refractivity contribution < 1.29 is 22.7 Å². The molecule has 180 valence electrons. The third-order valence-corrected chi connectivity index (χ3v) is 7.45. The largest absolute Gasteiger partial charge is 0.492 e. The number of rotatable bonds is 12. The van der Waals surface area contributed by atoms with Crippen LogP contribution in [0.4, 0.5) is 5.69 Å². The van der Waals surface area contributed by atoms with E-state index in [-0.39, 0.29) is 11.4 Å². The van der Waals surface area contributed by atoms with E-state index in [1.54, 1.807) is 24.3 Å². The van der Waals surface area contributed by atoms with Crippen molar-refractivity contribution in [1.29, 1.82) is 0 Å². The summed E-state index contributed by atoms with van der Waals surface area (Å²) in [6.07, 6.45) is 5.62. The van der Waals surface area contributed by atoms with Gasteiger partial charge in [0.25, 0.3) is 10.0 Å². The van der Waals surface area contributed by atoms with Crippen molar-refractivity contribution in [2.75, 3.05) is 30.6 Å². The fourth-order valence-electron chi connectivity index (χ4n) is 3.77. The Kier molecular flexibility index (Phi) is 9.41. The Hall–Kier alpha value is -2.29. The first kappa shape index (κ1) is 25.3. The number of nitrogens with zero attached hydrogens (tertiary/aromatic N) is 1. The average molecular weight is 495 g/mol. The first-order valence-corrected chi connectivity index (χ1v) is 13.1. The zero-order chi connectivity index (χ0) is 23.7. The predicted octanol–water partition coefficient (Wildman–Crippen LogP) is 4.40. The Morgan fingerprint density at radius 3 is 2.52 bits per heavy atom. The highest BCUT2D eigenvalue weighted by Gasteiger charge is 2.29. The second-order valence-corrected chi connectivity index (χ2v) is 10.1. The number of ether oxygens (including phenoxy) is 2. The van der Waals surface area contributed by atoms with Gasteiger partial charge in [-0.05, 0) is 62.6 Å². The molecule has 0 unspecified atom stereocenters. The molecule has 2 aromatic carbocycles. The van der Waals surface area contributed by atoms with Gasteiger partial charge in [0, 0.05) is 18.2 Å². The molecule has 0 bridgehead atoms. The van der Waals surface area contributed by atoms with Gasteiger partial charge in [0.2, 0.25) is 5.91 Å². The summed E-state index contributed by atoms with van der Waals surface area (Å²) < 4.78 is 39.5. The predicted molar refractivity (Wildman–Crippen MR) is 129 cm³/mol. The molecule has 0 atom stereocenters. The van der Waals surface area contributed by atoms with Crippen LogP contribution in [0.5, 0.6) is 5.75 Å². The maximum absolute atomic E-state index is 13.5. The van der Waals surface area contributed by atoms with E-state index in [2.05, 4.69) is 5.32 Å². The maximum atomic E-state index is 13.5. The summed E-state index contributed by atoms with van der Waals surface area (Å²) in [5, 5.41) is 3.23. The van der Waals surface area contributed by atoms with Crippen molar-refractivity contribution in [3.05, 3.63) is 53.6 Å². The molecular formula is C24H31ClN2O5S. The summed E-state index contributed by atoms with van der Waals surface area (Å²) in [5.41, 5.74) is 0.300. The lowest BCUT2D eigenvalue weighted by Crippen LogP contribution is -2.41. The van der Waals surface area contributed by atoms with Gasteiger partial charge in [0.05, 0.1) is 23.3 Å². The van der Waals surface area contributed by atoms with Crippen LogP contribution in [-0.2, 0) is 19.6 Å². The lowest BCUT2D eigenvalue weighted by Gasteiger charge is -2.26. The van der Waals surface area contributed by atoms with E-state index in [1.807, 2.05) is 6.92 Å². The van der Waals surface area contributed by atoms with Gasteiger partial charge in [-0.2, -0.15) is 0 Å². The molecule has 0 aromatic heterocycles. The van der Waals surface area contributed by atoms with Gasteiger partial charge in [-0.25, -0.2) is 8.42 Å². The highest BCUT2D eigenvalue weighted by Crippen LogP contribution is 2.32. The number of amides is 1. The molecule has 0 aliphatic heterocycles. The second-order valence-electron chi connectivity index (χ2n) is 7.85. The summed E-state index contributed by atoms with van der Waals surface area (Å²) >= 11 is 5.93. The van der Waals surface area contributed by atoms with Gasteiger partial charge in [0.15, 0.2) is 0 Å². The number of nitrogens with one attached hydrogen (secondary N) is 1. The van der Waals surface area contributed by atoms with Gasteiger partial charge in [-0.15, -0.1) is 0 Å². The molecule has 33 heavy (non-hydrogen) atoms. The average Bonchev–Trinajstić information content (AvgIpc) is 3.32. The maximum Gasteiger partial charge on any atom is 0.264 e. The van der Waals surface area contributed by atoms with Crippen molar-refractivity contribution in [3.63, 3.8) is 0 Å². The molecular weight excluding hydrogens is 464 g/mol. The Bertz CT molecular complexity index is 1010. The van der Waals surface area contributed by atoms with E-state index in [1.165, 1.54) is 37.1 Å².